The SMILES string of the molecule is CN=C(NCCCCn1c(C)cccc1=O)N1CCN(c2ccccc2)CC1. The Morgan fingerprint density at radius 3 is 2.43 bits per heavy atom. The lowest BCUT2D eigenvalue weighted by atomic mass is 10.2. The molecule has 6 nitrogen and oxygen atoms in total. The highest BCUT2D eigenvalue weighted by molar-refractivity contribution is 5.80. The maximum Gasteiger partial charge on any atom is 0.250 e. The number of hydrogen-bond donors (Lipinski definition) is 1. The molecule has 0 saturated carbocycles. The van der Waals surface area contributed by atoms with Gasteiger partial charge in [0.05, 0.1) is 0 Å². The van der Waals surface area contributed by atoms with Crippen molar-refractivity contribution in [2.75, 3.05) is 44.7 Å². The Kier molecular flexibility index (Phi) is 7.12. The van der Waals surface area contributed by atoms with Gasteiger partial charge in [-0.1, -0.05) is 24.3 Å². The summed E-state index contributed by atoms with van der Waals surface area (Å²) in [5, 5.41) is 3.48. The van der Waals surface area contributed by atoms with Crippen LogP contribution in [0.1, 0.15) is 18.5 Å². The summed E-state index contributed by atoms with van der Waals surface area (Å²) >= 11 is 0. The largest absolute Gasteiger partial charge is 0.368 e. The first-order chi connectivity index (χ1) is 13.7. The van der Waals surface area contributed by atoms with Crippen LogP contribution in [0.2, 0.25) is 0 Å². The van der Waals surface area contributed by atoms with E-state index >= 15 is 0 Å². The molecule has 1 fully saturated rings. The Morgan fingerprint density at radius 1 is 1.00 bits per heavy atom. The molecule has 0 amide bonds. The maximum absolute atomic E-state index is 11.9. The minimum Gasteiger partial charge on any atom is -0.368 e. The van der Waals surface area contributed by atoms with Gasteiger partial charge >= 0.3 is 0 Å². The molecular formula is C22H31N5O. The van der Waals surface area contributed by atoms with E-state index in [9.17, 15) is 4.79 Å². The summed E-state index contributed by atoms with van der Waals surface area (Å²) < 4.78 is 1.84. The Hall–Kier alpha value is -2.76. The molecule has 0 radical (unpaired) electrons. The van der Waals surface area contributed by atoms with Crippen LogP contribution in [-0.4, -0.2) is 55.2 Å². The number of unbranched alkanes of at least 4 members (excludes halogenated alkanes) is 1. The number of guanidine groups is 1. The van der Waals surface area contributed by atoms with Gasteiger partial charge in [0, 0.05) is 63.8 Å². The lowest BCUT2D eigenvalue weighted by Crippen LogP contribution is -2.52. The molecule has 150 valence electrons. The van der Waals surface area contributed by atoms with Crippen molar-refractivity contribution in [3.05, 3.63) is 64.6 Å². The van der Waals surface area contributed by atoms with E-state index in [0.29, 0.717) is 0 Å². The second-order valence-corrected chi connectivity index (χ2v) is 7.15. The van der Waals surface area contributed by atoms with Crippen molar-refractivity contribution in [2.24, 2.45) is 4.99 Å². The fourth-order valence-corrected chi connectivity index (χ4v) is 3.65. The summed E-state index contributed by atoms with van der Waals surface area (Å²) in [5.74, 6) is 0.973. The molecule has 1 aliphatic rings. The number of nitrogens with zero attached hydrogens (tertiary/aromatic N) is 4. The second kappa shape index (κ2) is 9.97. The van der Waals surface area contributed by atoms with Gasteiger partial charge in [-0.15, -0.1) is 0 Å². The zero-order valence-electron chi connectivity index (χ0n) is 17.0. The number of piperazine rings is 1. The first-order valence-corrected chi connectivity index (χ1v) is 10.1. The molecule has 1 N–H and O–H groups in total. The highest BCUT2D eigenvalue weighted by Gasteiger charge is 2.19. The molecule has 0 spiro atoms. The van der Waals surface area contributed by atoms with Crippen molar-refractivity contribution in [3.63, 3.8) is 0 Å². The van der Waals surface area contributed by atoms with Crippen molar-refractivity contribution in [2.45, 2.75) is 26.3 Å². The lowest BCUT2D eigenvalue weighted by Gasteiger charge is -2.37. The Labute approximate surface area is 167 Å². The van der Waals surface area contributed by atoms with Crippen LogP contribution >= 0.6 is 0 Å². The lowest BCUT2D eigenvalue weighted by molar-refractivity contribution is 0.372. The fraction of sp³-hybridized carbons (Fsp3) is 0.455. The molecule has 0 unspecified atom stereocenters. The smallest absolute Gasteiger partial charge is 0.250 e. The van der Waals surface area contributed by atoms with Gasteiger partial charge in [-0.3, -0.25) is 9.79 Å². The van der Waals surface area contributed by atoms with E-state index in [4.69, 9.17) is 0 Å². The molecule has 3 rings (SSSR count). The molecule has 2 heterocycles. The zero-order valence-corrected chi connectivity index (χ0v) is 17.0. The normalized spacial score (nSPS) is 15.0. The van der Waals surface area contributed by atoms with E-state index in [-0.39, 0.29) is 5.56 Å². The number of aromatic nitrogens is 1. The van der Waals surface area contributed by atoms with E-state index in [1.807, 2.05) is 30.7 Å². The number of para-hydroxylation sites is 1. The minimum absolute atomic E-state index is 0.0834. The van der Waals surface area contributed by atoms with Crippen molar-refractivity contribution >= 4 is 11.6 Å². The average Bonchev–Trinajstić information content (AvgIpc) is 2.73. The number of benzene rings is 1. The molecular weight excluding hydrogens is 350 g/mol. The van der Waals surface area contributed by atoms with E-state index in [1.165, 1.54) is 5.69 Å². The molecule has 28 heavy (non-hydrogen) atoms. The topological polar surface area (TPSA) is 52.9 Å². The zero-order chi connectivity index (χ0) is 19.8. The summed E-state index contributed by atoms with van der Waals surface area (Å²) in [6.07, 6.45) is 1.97. The van der Waals surface area contributed by atoms with Crippen LogP contribution in [-0.2, 0) is 6.54 Å². The van der Waals surface area contributed by atoms with Gasteiger partial charge in [0.2, 0.25) is 0 Å². The van der Waals surface area contributed by atoms with Crippen LogP contribution in [0.3, 0.4) is 0 Å². The predicted octanol–water partition coefficient (Wildman–Crippen LogP) is 2.33. The van der Waals surface area contributed by atoms with Crippen LogP contribution < -0.4 is 15.8 Å². The molecule has 1 aromatic heterocycles. The first kappa shape index (κ1) is 20.0. The number of anilines is 1. The molecule has 0 atom stereocenters. The van der Waals surface area contributed by atoms with Gasteiger partial charge < -0.3 is 19.7 Å². The number of nitrogens with one attached hydrogen (secondary N) is 1. The van der Waals surface area contributed by atoms with Crippen molar-refractivity contribution in [3.8, 4) is 0 Å². The fourth-order valence-electron chi connectivity index (χ4n) is 3.65. The summed E-state index contributed by atoms with van der Waals surface area (Å²) in [5.41, 5.74) is 2.39. The molecule has 1 aromatic carbocycles. The van der Waals surface area contributed by atoms with Gasteiger partial charge in [0.1, 0.15) is 0 Å². The van der Waals surface area contributed by atoms with Gasteiger partial charge in [-0.05, 0) is 38.0 Å². The third-order valence-corrected chi connectivity index (χ3v) is 5.27. The Balaban J connectivity index is 1.40. The van der Waals surface area contributed by atoms with E-state index in [2.05, 4.69) is 50.4 Å². The van der Waals surface area contributed by atoms with Crippen LogP contribution in [0.5, 0.6) is 0 Å². The third-order valence-electron chi connectivity index (χ3n) is 5.27. The van der Waals surface area contributed by atoms with Crippen molar-refractivity contribution in [1.29, 1.82) is 0 Å². The van der Waals surface area contributed by atoms with Gasteiger partial charge in [0.25, 0.3) is 5.56 Å². The van der Waals surface area contributed by atoms with E-state index in [0.717, 1.165) is 63.8 Å². The summed E-state index contributed by atoms with van der Waals surface area (Å²) in [7, 11) is 1.85. The van der Waals surface area contributed by atoms with Crippen LogP contribution in [0.25, 0.3) is 0 Å². The average molecular weight is 382 g/mol. The van der Waals surface area contributed by atoms with Gasteiger partial charge in [-0.2, -0.15) is 0 Å². The number of aryl methyl sites for hydroxylation is 1. The molecule has 0 bridgehead atoms. The third kappa shape index (κ3) is 5.15. The quantitative estimate of drug-likeness (QED) is 0.474. The monoisotopic (exact) mass is 381 g/mol. The Morgan fingerprint density at radius 2 is 1.75 bits per heavy atom. The molecule has 1 aliphatic heterocycles. The van der Waals surface area contributed by atoms with Crippen LogP contribution in [0.15, 0.2) is 58.3 Å². The summed E-state index contributed by atoms with van der Waals surface area (Å²) in [6.45, 7) is 7.55. The number of aliphatic imine (C=N–C) groups is 1. The molecule has 2 aromatic rings. The van der Waals surface area contributed by atoms with Gasteiger partial charge in [0.15, 0.2) is 5.96 Å². The Bertz CT molecular complexity index is 822. The number of pyridine rings is 1. The predicted molar refractivity (Wildman–Crippen MR) is 116 cm³/mol. The minimum atomic E-state index is 0.0834. The molecule has 6 heteroatoms. The summed E-state index contributed by atoms with van der Waals surface area (Å²) in [4.78, 5) is 21.1. The highest BCUT2D eigenvalue weighted by Crippen LogP contribution is 2.15. The summed E-state index contributed by atoms with van der Waals surface area (Å²) in [6, 6.07) is 16.0. The van der Waals surface area contributed by atoms with Crippen LogP contribution in [0, 0.1) is 6.92 Å². The maximum atomic E-state index is 11.9. The molecule has 1 saturated heterocycles. The van der Waals surface area contributed by atoms with Gasteiger partial charge in [-0.25, -0.2) is 0 Å². The van der Waals surface area contributed by atoms with E-state index in [1.54, 1.807) is 6.07 Å². The second-order valence-electron chi connectivity index (χ2n) is 7.15. The first-order valence-electron chi connectivity index (χ1n) is 10.1. The molecule has 0 aliphatic carbocycles. The van der Waals surface area contributed by atoms with Crippen LogP contribution in [0.4, 0.5) is 5.69 Å². The number of hydrogen-bond acceptors (Lipinski definition) is 3. The van der Waals surface area contributed by atoms with E-state index < -0.39 is 0 Å². The van der Waals surface area contributed by atoms with Crippen molar-refractivity contribution in [1.82, 2.24) is 14.8 Å². The highest BCUT2D eigenvalue weighted by atomic mass is 16.1. The number of rotatable bonds is 6. The standard InChI is InChI=1S/C22H31N5O/c1-19-9-8-12-21(28)27(19)14-7-6-13-24-22(23-2)26-17-15-25(16-18-26)20-10-4-3-5-11-20/h3-5,8-12H,6-7,13-18H2,1-2H3,(H,23,24). The van der Waals surface area contributed by atoms with Crippen molar-refractivity contribution < 1.29 is 0 Å².